The Morgan fingerprint density at radius 2 is 1.69 bits per heavy atom. The van der Waals surface area contributed by atoms with Gasteiger partial charge in [-0.05, 0) is 58.8 Å². The molecule has 0 amide bonds. The van der Waals surface area contributed by atoms with E-state index in [-0.39, 0.29) is 0 Å². The topological polar surface area (TPSA) is 9.23 Å². The number of hydrogen-bond acceptors (Lipinski definition) is 1. The summed E-state index contributed by atoms with van der Waals surface area (Å²) < 4.78 is 6.41. The summed E-state index contributed by atoms with van der Waals surface area (Å²) in [4.78, 5) is 0. The van der Waals surface area contributed by atoms with Gasteiger partial charge in [-0.1, -0.05) is 29.8 Å². The Hall–Kier alpha value is -1.03. The van der Waals surface area contributed by atoms with Gasteiger partial charge in [0.2, 0.25) is 0 Å². The van der Waals surface area contributed by atoms with E-state index in [4.69, 9.17) is 4.74 Å². The molecule has 2 aromatic rings. The lowest BCUT2D eigenvalue weighted by Crippen LogP contribution is -1.87. The Balaban J connectivity index is 2.44. The molecule has 0 fully saturated rings. The Morgan fingerprint density at radius 1 is 1.00 bits per heavy atom. The molecule has 0 atom stereocenters. The zero-order valence-electron chi connectivity index (χ0n) is 9.33. The van der Waals surface area contributed by atoms with Crippen molar-refractivity contribution in [1.82, 2.24) is 0 Å². The summed E-state index contributed by atoms with van der Waals surface area (Å²) in [6.45, 7) is 2.10. The van der Waals surface area contributed by atoms with Crippen molar-refractivity contribution in [3.05, 3.63) is 51.6 Å². The predicted octanol–water partition coefficient (Wildman–Crippen LogP) is 4.28. The highest BCUT2D eigenvalue weighted by molar-refractivity contribution is 14.1. The van der Waals surface area contributed by atoms with Crippen LogP contribution in [-0.4, -0.2) is 7.11 Å². The van der Waals surface area contributed by atoms with Crippen LogP contribution in [0.25, 0.3) is 11.1 Å². The summed E-state index contributed by atoms with van der Waals surface area (Å²) in [6.07, 6.45) is 0. The van der Waals surface area contributed by atoms with Crippen LogP contribution in [0.3, 0.4) is 0 Å². The van der Waals surface area contributed by atoms with Crippen molar-refractivity contribution in [2.75, 3.05) is 7.11 Å². The van der Waals surface area contributed by atoms with E-state index >= 15 is 0 Å². The van der Waals surface area contributed by atoms with E-state index in [1.807, 2.05) is 6.07 Å². The normalized spacial score (nSPS) is 10.2. The summed E-state index contributed by atoms with van der Waals surface area (Å²) in [5.74, 6) is 0.903. The average molecular weight is 324 g/mol. The van der Waals surface area contributed by atoms with Gasteiger partial charge in [0, 0.05) is 3.57 Å². The highest BCUT2D eigenvalue weighted by Gasteiger charge is 2.03. The maximum absolute atomic E-state index is 5.20. The van der Waals surface area contributed by atoms with Crippen molar-refractivity contribution in [2.45, 2.75) is 6.92 Å². The SMILES string of the molecule is COc1ccc(-c2ccc(C)cc2)c(I)c1. The van der Waals surface area contributed by atoms with Crippen molar-refractivity contribution in [1.29, 1.82) is 0 Å². The predicted molar refractivity (Wildman–Crippen MR) is 75.9 cm³/mol. The average Bonchev–Trinajstić information content (AvgIpc) is 2.30. The number of methoxy groups -OCH3 is 1. The maximum atomic E-state index is 5.20. The van der Waals surface area contributed by atoms with Crippen LogP contribution in [0.1, 0.15) is 5.56 Å². The fourth-order valence-corrected chi connectivity index (χ4v) is 2.39. The van der Waals surface area contributed by atoms with Gasteiger partial charge in [-0.3, -0.25) is 0 Å². The van der Waals surface area contributed by atoms with Crippen LogP contribution >= 0.6 is 22.6 Å². The van der Waals surface area contributed by atoms with Crippen molar-refractivity contribution in [3.63, 3.8) is 0 Å². The van der Waals surface area contributed by atoms with Crippen LogP contribution in [0.4, 0.5) is 0 Å². The Labute approximate surface area is 110 Å². The van der Waals surface area contributed by atoms with Gasteiger partial charge in [0.05, 0.1) is 7.11 Å². The molecule has 2 heteroatoms. The van der Waals surface area contributed by atoms with Crippen molar-refractivity contribution in [2.24, 2.45) is 0 Å². The zero-order valence-corrected chi connectivity index (χ0v) is 11.5. The van der Waals surface area contributed by atoms with Gasteiger partial charge in [0.1, 0.15) is 5.75 Å². The number of rotatable bonds is 2. The molecule has 0 aromatic heterocycles. The van der Waals surface area contributed by atoms with E-state index in [0.717, 1.165) is 5.75 Å². The van der Waals surface area contributed by atoms with E-state index in [0.29, 0.717) is 0 Å². The smallest absolute Gasteiger partial charge is 0.119 e. The largest absolute Gasteiger partial charge is 0.497 e. The molecular weight excluding hydrogens is 311 g/mol. The minimum Gasteiger partial charge on any atom is -0.497 e. The third-order valence-electron chi connectivity index (χ3n) is 2.54. The molecule has 0 heterocycles. The first kappa shape index (κ1) is 11.5. The summed E-state index contributed by atoms with van der Waals surface area (Å²) in [5, 5.41) is 0. The molecule has 0 aliphatic carbocycles. The fraction of sp³-hybridized carbons (Fsp3) is 0.143. The monoisotopic (exact) mass is 324 g/mol. The second-order valence-corrected chi connectivity index (χ2v) is 4.87. The summed E-state index contributed by atoms with van der Waals surface area (Å²) in [5.41, 5.74) is 3.78. The van der Waals surface area contributed by atoms with Gasteiger partial charge in [-0.2, -0.15) is 0 Å². The molecule has 82 valence electrons. The zero-order chi connectivity index (χ0) is 11.5. The van der Waals surface area contributed by atoms with E-state index in [9.17, 15) is 0 Å². The quantitative estimate of drug-likeness (QED) is 0.750. The van der Waals surface area contributed by atoms with Crippen LogP contribution < -0.4 is 4.74 Å². The van der Waals surface area contributed by atoms with Crippen LogP contribution in [0.2, 0.25) is 0 Å². The summed E-state index contributed by atoms with van der Waals surface area (Å²) >= 11 is 2.34. The van der Waals surface area contributed by atoms with Gasteiger partial charge in [0.25, 0.3) is 0 Å². The van der Waals surface area contributed by atoms with E-state index < -0.39 is 0 Å². The van der Waals surface area contributed by atoms with Crippen molar-refractivity contribution >= 4 is 22.6 Å². The van der Waals surface area contributed by atoms with E-state index in [1.54, 1.807) is 7.11 Å². The Bertz CT molecular complexity index is 489. The third kappa shape index (κ3) is 2.38. The van der Waals surface area contributed by atoms with Crippen LogP contribution in [-0.2, 0) is 0 Å². The summed E-state index contributed by atoms with van der Waals surface area (Å²) in [6, 6.07) is 14.7. The standard InChI is InChI=1S/C14H13IO/c1-10-3-5-11(6-4-10)13-8-7-12(16-2)9-14(13)15/h3-9H,1-2H3. The molecule has 2 rings (SSSR count). The molecule has 2 aromatic carbocycles. The van der Waals surface area contributed by atoms with E-state index in [1.165, 1.54) is 20.3 Å². The molecular formula is C14H13IO. The third-order valence-corrected chi connectivity index (χ3v) is 3.43. The lowest BCUT2D eigenvalue weighted by Gasteiger charge is -2.07. The molecule has 0 aliphatic rings. The maximum Gasteiger partial charge on any atom is 0.119 e. The summed E-state index contributed by atoms with van der Waals surface area (Å²) in [7, 11) is 1.69. The molecule has 1 nitrogen and oxygen atoms in total. The van der Waals surface area contributed by atoms with Gasteiger partial charge in [-0.25, -0.2) is 0 Å². The number of benzene rings is 2. The minimum atomic E-state index is 0.903. The van der Waals surface area contributed by atoms with Crippen molar-refractivity contribution < 1.29 is 4.74 Å². The van der Waals surface area contributed by atoms with Gasteiger partial charge >= 0.3 is 0 Å². The van der Waals surface area contributed by atoms with Gasteiger partial charge in [0.15, 0.2) is 0 Å². The van der Waals surface area contributed by atoms with Crippen LogP contribution in [0.5, 0.6) is 5.75 Å². The lowest BCUT2D eigenvalue weighted by molar-refractivity contribution is 0.414. The molecule has 0 spiro atoms. The molecule has 0 bridgehead atoms. The first-order chi connectivity index (χ1) is 7.70. The number of aryl methyl sites for hydroxylation is 1. The Morgan fingerprint density at radius 3 is 2.25 bits per heavy atom. The molecule has 0 radical (unpaired) electrons. The van der Waals surface area contributed by atoms with Gasteiger partial charge in [-0.15, -0.1) is 0 Å². The lowest BCUT2D eigenvalue weighted by atomic mass is 10.0. The molecule has 0 unspecified atom stereocenters. The highest BCUT2D eigenvalue weighted by atomic mass is 127. The molecule has 0 aliphatic heterocycles. The number of hydrogen-bond donors (Lipinski definition) is 0. The van der Waals surface area contributed by atoms with Crippen LogP contribution in [0, 0.1) is 10.5 Å². The second kappa shape index (κ2) is 4.87. The first-order valence-corrected chi connectivity index (χ1v) is 6.19. The molecule has 0 N–H and O–H groups in total. The minimum absolute atomic E-state index is 0.903. The highest BCUT2D eigenvalue weighted by Crippen LogP contribution is 2.28. The fourth-order valence-electron chi connectivity index (χ4n) is 1.59. The van der Waals surface area contributed by atoms with E-state index in [2.05, 4.69) is 65.9 Å². The number of halogens is 1. The number of ether oxygens (including phenoxy) is 1. The molecule has 0 saturated heterocycles. The first-order valence-electron chi connectivity index (χ1n) is 5.11. The van der Waals surface area contributed by atoms with Crippen LogP contribution in [0.15, 0.2) is 42.5 Å². The Kier molecular flexibility index (Phi) is 3.49. The molecule has 0 saturated carbocycles. The second-order valence-electron chi connectivity index (χ2n) is 3.71. The molecule has 16 heavy (non-hydrogen) atoms. The van der Waals surface area contributed by atoms with Gasteiger partial charge < -0.3 is 4.74 Å². The van der Waals surface area contributed by atoms with Crippen molar-refractivity contribution in [3.8, 4) is 16.9 Å².